The largest absolute Gasteiger partial charge is 0.417 e. The number of hydrogen-bond donors (Lipinski definition) is 1. The molecule has 0 radical (unpaired) electrons. The zero-order valence-electron chi connectivity index (χ0n) is 11.1. The Balaban J connectivity index is 2.20. The third kappa shape index (κ3) is 3.69. The van der Waals surface area contributed by atoms with E-state index in [0.29, 0.717) is 11.5 Å². The van der Waals surface area contributed by atoms with Crippen LogP contribution in [0.3, 0.4) is 0 Å². The monoisotopic (exact) mass is 292 g/mol. The maximum absolute atomic E-state index is 12.8. The summed E-state index contributed by atoms with van der Waals surface area (Å²) in [6.07, 6.45) is -2.98. The number of nitrogens with zero attached hydrogens (tertiary/aromatic N) is 3. The highest BCUT2D eigenvalue weighted by atomic mass is 19.4. The highest BCUT2D eigenvalue weighted by Gasteiger charge is 2.33. The molecule has 2 aromatic rings. The molecule has 0 aliphatic rings. The van der Waals surface area contributed by atoms with Gasteiger partial charge in [0, 0.05) is 11.9 Å². The lowest BCUT2D eigenvalue weighted by atomic mass is 10.1. The first-order valence-corrected chi connectivity index (χ1v) is 6.04. The molecule has 0 atom stereocenters. The van der Waals surface area contributed by atoms with E-state index >= 15 is 0 Å². The number of nitrogens with one attached hydrogen (secondary N) is 1. The molecule has 0 fully saturated rings. The second-order valence-electron chi connectivity index (χ2n) is 4.32. The summed E-state index contributed by atoms with van der Waals surface area (Å²) in [5.41, 5.74) is -0.405. The van der Waals surface area contributed by atoms with E-state index in [1.54, 1.807) is 25.3 Å². The quantitative estimate of drug-likeness (QED) is 0.943. The highest BCUT2D eigenvalue weighted by Crippen LogP contribution is 2.33. The molecular formula is C14H11F3N4. The average molecular weight is 292 g/mol. The third-order valence-electron chi connectivity index (χ3n) is 2.75. The summed E-state index contributed by atoms with van der Waals surface area (Å²) in [4.78, 5) is 8.09. The maximum Gasteiger partial charge on any atom is 0.417 e. The Morgan fingerprint density at radius 3 is 2.67 bits per heavy atom. The van der Waals surface area contributed by atoms with Crippen molar-refractivity contribution in [2.75, 3.05) is 5.32 Å². The number of anilines is 1. The molecule has 1 aromatic carbocycles. The topological polar surface area (TPSA) is 61.6 Å². The van der Waals surface area contributed by atoms with Gasteiger partial charge < -0.3 is 5.32 Å². The fraction of sp³-hybridized carbons (Fsp3) is 0.214. The predicted molar refractivity (Wildman–Crippen MR) is 70.3 cm³/mol. The molecule has 1 N–H and O–H groups in total. The van der Waals surface area contributed by atoms with Crippen molar-refractivity contribution in [2.24, 2.45) is 0 Å². The van der Waals surface area contributed by atoms with Crippen LogP contribution in [0.15, 0.2) is 30.5 Å². The van der Waals surface area contributed by atoms with Gasteiger partial charge in [-0.15, -0.1) is 0 Å². The summed E-state index contributed by atoms with van der Waals surface area (Å²) >= 11 is 0. The van der Waals surface area contributed by atoms with Crippen LogP contribution in [0.2, 0.25) is 0 Å². The van der Waals surface area contributed by atoms with Gasteiger partial charge in [-0.1, -0.05) is 0 Å². The summed E-state index contributed by atoms with van der Waals surface area (Å²) < 4.78 is 38.5. The Labute approximate surface area is 119 Å². The number of alkyl halides is 3. The number of halogens is 3. The van der Waals surface area contributed by atoms with Crippen LogP contribution in [0.4, 0.5) is 18.9 Å². The molecule has 7 heteroatoms. The first-order valence-electron chi connectivity index (χ1n) is 6.04. The van der Waals surface area contributed by atoms with Crippen LogP contribution < -0.4 is 5.32 Å². The van der Waals surface area contributed by atoms with Gasteiger partial charge >= 0.3 is 6.18 Å². The lowest BCUT2D eigenvalue weighted by Crippen LogP contribution is -2.09. The van der Waals surface area contributed by atoms with E-state index in [1.165, 1.54) is 6.07 Å². The molecule has 0 aliphatic carbocycles. The summed E-state index contributed by atoms with van der Waals surface area (Å²) in [7, 11) is 0. The van der Waals surface area contributed by atoms with Gasteiger partial charge in [0.2, 0.25) is 0 Å². The lowest BCUT2D eigenvalue weighted by Gasteiger charge is -2.12. The minimum atomic E-state index is -4.56. The molecule has 0 bridgehead atoms. The van der Waals surface area contributed by atoms with Gasteiger partial charge in [-0.05, 0) is 31.2 Å². The zero-order valence-corrected chi connectivity index (χ0v) is 11.1. The minimum Gasteiger partial charge on any atom is -0.379 e. The van der Waals surface area contributed by atoms with Gasteiger partial charge in [0.1, 0.15) is 5.82 Å². The standard InChI is InChI=1S/C14H11F3N4/c1-9-19-5-4-12(21-9)8-20-11-3-2-10(7-18)13(6-11)14(15,16)17/h2-6,20H,8H2,1H3. The molecule has 1 aromatic heterocycles. The molecule has 108 valence electrons. The summed E-state index contributed by atoms with van der Waals surface area (Å²) in [6.45, 7) is 2.00. The van der Waals surface area contributed by atoms with Crippen LogP contribution in [-0.4, -0.2) is 9.97 Å². The van der Waals surface area contributed by atoms with Gasteiger partial charge in [-0.25, -0.2) is 9.97 Å². The van der Waals surface area contributed by atoms with E-state index in [4.69, 9.17) is 5.26 Å². The summed E-state index contributed by atoms with van der Waals surface area (Å²) in [5, 5.41) is 11.6. The van der Waals surface area contributed by atoms with Gasteiger partial charge in [0.15, 0.2) is 0 Å². The van der Waals surface area contributed by atoms with Crippen molar-refractivity contribution in [3.05, 3.63) is 53.1 Å². The number of rotatable bonds is 3. The van der Waals surface area contributed by atoms with Crippen molar-refractivity contribution in [1.82, 2.24) is 9.97 Å². The van der Waals surface area contributed by atoms with E-state index in [2.05, 4.69) is 15.3 Å². The Kier molecular flexibility index (Phi) is 4.08. The first kappa shape index (κ1) is 14.8. The average Bonchev–Trinajstić information content (AvgIpc) is 2.44. The molecule has 1 heterocycles. The number of benzene rings is 1. The molecule has 0 aliphatic heterocycles. The molecule has 0 saturated heterocycles. The zero-order chi connectivity index (χ0) is 15.5. The van der Waals surface area contributed by atoms with Crippen molar-refractivity contribution >= 4 is 5.69 Å². The van der Waals surface area contributed by atoms with Crippen LogP contribution >= 0.6 is 0 Å². The van der Waals surface area contributed by atoms with Crippen LogP contribution in [-0.2, 0) is 12.7 Å². The molecule has 0 saturated carbocycles. The maximum atomic E-state index is 12.8. The van der Waals surface area contributed by atoms with Crippen molar-refractivity contribution < 1.29 is 13.2 Å². The van der Waals surface area contributed by atoms with Gasteiger partial charge in [0.05, 0.1) is 29.4 Å². The van der Waals surface area contributed by atoms with Gasteiger partial charge in [-0.2, -0.15) is 18.4 Å². The number of hydrogen-bond acceptors (Lipinski definition) is 4. The van der Waals surface area contributed by atoms with E-state index in [0.717, 1.165) is 12.1 Å². The molecule has 4 nitrogen and oxygen atoms in total. The number of aryl methyl sites for hydroxylation is 1. The van der Waals surface area contributed by atoms with Crippen LogP contribution in [0.1, 0.15) is 22.6 Å². The Morgan fingerprint density at radius 2 is 2.05 bits per heavy atom. The van der Waals surface area contributed by atoms with E-state index in [1.807, 2.05) is 0 Å². The van der Waals surface area contributed by atoms with Crippen LogP contribution in [0.5, 0.6) is 0 Å². The number of aromatic nitrogens is 2. The normalized spacial score (nSPS) is 11.0. The van der Waals surface area contributed by atoms with Crippen LogP contribution in [0.25, 0.3) is 0 Å². The molecule has 0 amide bonds. The highest BCUT2D eigenvalue weighted by molar-refractivity contribution is 5.53. The van der Waals surface area contributed by atoms with Crippen molar-refractivity contribution in [3.8, 4) is 6.07 Å². The Morgan fingerprint density at radius 1 is 1.29 bits per heavy atom. The Bertz CT molecular complexity index is 689. The molecule has 21 heavy (non-hydrogen) atoms. The molecule has 0 spiro atoms. The summed E-state index contributed by atoms with van der Waals surface area (Å²) in [6, 6.07) is 6.72. The van der Waals surface area contributed by atoms with E-state index in [-0.39, 0.29) is 12.2 Å². The Hall–Kier alpha value is -2.62. The lowest BCUT2D eigenvalue weighted by molar-refractivity contribution is -0.137. The van der Waals surface area contributed by atoms with Crippen molar-refractivity contribution in [3.63, 3.8) is 0 Å². The van der Waals surface area contributed by atoms with Crippen LogP contribution in [0, 0.1) is 18.3 Å². The predicted octanol–water partition coefficient (Wildman–Crippen LogP) is 3.29. The molecule has 0 unspecified atom stereocenters. The van der Waals surface area contributed by atoms with Gasteiger partial charge in [0.25, 0.3) is 0 Å². The fourth-order valence-electron chi connectivity index (χ4n) is 1.78. The molecule has 2 rings (SSSR count). The van der Waals surface area contributed by atoms with Crippen molar-refractivity contribution in [2.45, 2.75) is 19.6 Å². The first-order chi connectivity index (χ1) is 9.90. The second-order valence-corrected chi connectivity index (χ2v) is 4.32. The summed E-state index contributed by atoms with van der Waals surface area (Å²) in [5.74, 6) is 0.588. The minimum absolute atomic E-state index is 0.270. The van der Waals surface area contributed by atoms with E-state index in [9.17, 15) is 13.2 Å². The fourth-order valence-corrected chi connectivity index (χ4v) is 1.78. The number of nitriles is 1. The third-order valence-corrected chi connectivity index (χ3v) is 2.75. The SMILES string of the molecule is Cc1nccc(CNc2ccc(C#N)c(C(F)(F)F)c2)n1. The van der Waals surface area contributed by atoms with Crippen molar-refractivity contribution in [1.29, 1.82) is 5.26 Å². The smallest absolute Gasteiger partial charge is 0.379 e. The van der Waals surface area contributed by atoms with Gasteiger partial charge in [-0.3, -0.25) is 0 Å². The van der Waals surface area contributed by atoms with E-state index < -0.39 is 17.3 Å². The second kappa shape index (κ2) is 5.79. The molecular weight excluding hydrogens is 281 g/mol.